The lowest BCUT2D eigenvalue weighted by atomic mass is 10.0. The van der Waals surface area contributed by atoms with Gasteiger partial charge in [0.25, 0.3) is 0 Å². The first-order chi connectivity index (χ1) is 9.19. The first kappa shape index (κ1) is 13.1. The van der Waals surface area contributed by atoms with E-state index in [1.165, 1.54) is 7.11 Å². The second kappa shape index (κ2) is 5.99. The number of carbonyl (C=O) groups is 1. The maximum Gasteiger partial charge on any atom is 0.356 e. The van der Waals surface area contributed by atoms with Crippen LogP contribution in [0.5, 0.6) is 5.88 Å². The molecule has 19 heavy (non-hydrogen) atoms. The van der Waals surface area contributed by atoms with Gasteiger partial charge in [0, 0.05) is 17.8 Å². The summed E-state index contributed by atoms with van der Waals surface area (Å²) in [5.74, 6) is -0.0259. The molecule has 0 aliphatic heterocycles. The Morgan fingerprint density at radius 2 is 2.16 bits per heavy atom. The Bertz CT molecular complexity index is 572. The minimum Gasteiger partial charge on any atom is -0.473 e. The van der Waals surface area contributed by atoms with E-state index in [1.807, 2.05) is 0 Å². The van der Waals surface area contributed by atoms with Gasteiger partial charge in [0.1, 0.15) is 20.1 Å². The van der Waals surface area contributed by atoms with Crippen LogP contribution in [0.4, 0.5) is 0 Å². The zero-order valence-corrected chi connectivity index (χ0v) is 10.4. The zero-order chi connectivity index (χ0) is 13.7. The van der Waals surface area contributed by atoms with Gasteiger partial charge >= 0.3 is 5.97 Å². The highest BCUT2D eigenvalue weighted by molar-refractivity contribution is 6.30. The second-order valence-electron chi connectivity index (χ2n) is 3.73. The fourth-order valence-electron chi connectivity index (χ4n) is 1.40. The van der Waals surface area contributed by atoms with Gasteiger partial charge in [-0.3, -0.25) is 0 Å². The molecule has 0 aliphatic carbocycles. The van der Waals surface area contributed by atoms with Crippen molar-refractivity contribution in [3.05, 3.63) is 47.8 Å². The molecule has 0 N–H and O–H groups in total. The maximum absolute atomic E-state index is 11.2. The SMILES string of the molecule is [B]c1cccc(OCc2ccc(C(=O)OC)nc2)n1. The third-order valence-electron chi connectivity index (χ3n) is 2.35. The van der Waals surface area contributed by atoms with Crippen LogP contribution in [-0.4, -0.2) is 30.9 Å². The number of aromatic nitrogens is 2. The number of pyridine rings is 2. The zero-order valence-electron chi connectivity index (χ0n) is 10.4. The number of carbonyl (C=O) groups excluding carboxylic acids is 1. The van der Waals surface area contributed by atoms with Crippen molar-refractivity contribution >= 4 is 19.4 Å². The van der Waals surface area contributed by atoms with E-state index in [-0.39, 0.29) is 5.69 Å². The predicted molar refractivity (Wildman–Crippen MR) is 69.5 cm³/mol. The lowest BCUT2D eigenvalue weighted by molar-refractivity contribution is 0.0594. The molecule has 2 rings (SSSR count). The predicted octanol–water partition coefficient (Wildman–Crippen LogP) is 0.636. The molecular formula is C13H11BN2O3. The van der Waals surface area contributed by atoms with Crippen molar-refractivity contribution in [2.24, 2.45) is 0 Å². The summed E-state index contributed by atoms with van der Waals surface area (Å²) in [4.78, 5) is 19.2. The molecule has 0 aromatic carbocycles. The van der Waals surface area contributed by atoms with Gasteiger partial charge in [0.15, 0.2) is 0 Å². The molecule has 0 spiro atoms. The van der Waals surface area contributed by atoms with Crippen molar-refractivity contribution in [3.8, 4) is 5.88 Å². The molecule has 0 bridgehead atoms. The van der Waals surface area contributed by atoms with Crippen molar-refractivity contribution in [1.82, 2.24) is 9.97 Å². The highest BCUT2D eigenvalue weighted by Gasteiger charge is 2.06. The Kier molecular flexibility index (Phi) is 4.13. The number of rotatable bonds is 4. The van der Waals surface area contributed by atoms with Crippen molar-refractivity contribution in [1.29, 1.82) is 0 Å². The molecule has 0 unspecified atom stereocenters. The van der Waals surface area contributed by atoms with Crippen LogP contribution in [0.2, 0.25) is 0 Å². The minimum absolute atomic E-state index is 0.258. The van der Waals surface area contributed by atoms with Gasteiger partial charge in [-0.25, -0.2) is 14.8 Å². The molecule has 5 nitrogen and oxygen atoms in total. The van der Waals surface area contributed by atoms with Gasteiger partial charge < -0.3 is 9.47 Å². The van der Waals surface area contributed by atoms with E-state index in [4.69, 9.17) is 12.6 Å². The van der Waals surface area contributed by atoms with Gasteiger partial charge in [-0.15, -0.1) is 0 Å². The number of hydrogen-bond donors (Lipinski definition) is 0. The molecular weight excluding hydrogens is 243 g/mol. The molecule has 0 atom stereocenters. The molecule has 0 fully saturated rings. The Hall–Kier alpha value is -2.37. The summed E-state index contributed by atoms with van der Waals surface area (Å²) < 4.78 is 10.0. The lowest BCUT2D eigenvalue weighted by Gasteiger charge is -2.06. The van der Waals surface area contributed by atoms with Gasteiger partial charge in [-0.05, 0) is 11.7 Å². The summed E-state index contributed by atoms with van der Waals surface area (Å²) in [6.07, 6.45) is 1.55. The lowest BCUT2D eigenvalue weighted by Crippen LogP contribution is -2.09. The van der Waals surface area contributed by atoms with E-state index in [0.717, 1.165) is 5.56 Å². The average Bonchev–Trinajstić information content (AvgIpc) is 2.45. The Morgan fingerprint density at radius 1 is 1.32 bits per heavy atom. The monoisotopic (exact) mass is 254 g/mol. The smallest absolute Gasteiger partial charge is 0.356 e. The summed E-state index contributed by atoms with van der Waals surface area (Å²) in [5.41, 5.74) is 1.47. The molecule has 6 heteroatoms. The van der Waals surface area contributed by atoms with E-state index in [2.05, 4.69) is 14.7 Å². The van der Waals surface area contributed by atoms with Crippen LogP contribution in [0.15, 0.2) is 36.5 Å². The largest absolute Gasteiger partial charge is 0.473 e. The number of nitrogens with zero attached hydrogens (tertiary/aromatic N) is 2. The van der Waals surface area contributed by atoms with Crippen LogP contribution in [0, 0.1) is 0 Å². The van der Waals surface area contributed by atoms with Gasteiger partial charge in [-0.2, -0.15) is 0 Å². The molecule has 0 amide bonds. The Labute approximate surface area is 112 Å². The van der Waals surface area contributed by atoms with Crippen molar-refractivity contribution in [2.45, 2.75) is 6.61 Å². The molecule has 2 radical (unpaired) electrons. The molecule has 0 aliphatic rings. The van der Waals surface area contributed by atoms with Crippen LogP contribution < -0.4 is 10.3 Å². The van der Waals surface area contributed by atoms with E-state index < -0.39 is 5.97 Å². The topological polar surface area (TPSA) is 61.3 Å². The van der Waals surface area contributed by atoms with Crippen LogP contribution >= 0.6 is 0 Å². The normalized spacial score (nSPS) is 9.95. The fraction of sp³-hybridized carbons (Fsp3) is 0.154. The van der Waals surface area contributed by atoms with E-state index in [1.54, 1.807) is 36.5 Å². The molecule has 94 valence electrons. The van der Waals surface area contributed by atoms with Crippen LogP contribution in [-0.2, 0) is 11.3 Å². The summed E-state index contributed by atoms with van der Waals surface area (Å²) in [7, 11) is 6.85. The quantitative estimate of drug-likeness (QED) is 0.591. The van der Waals surface area contributed by atoms with Crippen molar-refractivity contribution in [2.75, 3.05) is 7.11 Å². The van der Waals surface area contributed by atoms with E-state index in [9.17, 15) is 4.79 Å². The standard InChI is InChI=1S/C13H11BN2O3/c1-18-13(17)10-6-5-9(7-15-10)8-19-12-4-2-3-11(14)16-12/h2-7H,8H2,1H3. The van der Waals surface area contributed by atoms with Crippen LogP contribution in [0.25, 0.3) is 0 Å². The van der Waals surface area contributed by atoms with Gasteiger partial charge in [0.2, 0.25) is 5.88 Å². The first-order valence-corrected chi connectivity index (χ1v) is 5.57. The Morgan fingerprint density at radius 3 is 2.79 bits per heavy atom. The third-order valence-corrected chi connectivity index (χ3v) is 2.35. The number of methoxy groups -OCH3 is 1. The number of esters is 1. The maximum atomic E-state index is 11.2. The third kappa shape index (κ3) is 3.54. The molecule has 2 aromatic rings. The van der Waals surface area contributed by atoms with Crippen molar-refractivity contribution in [3.63, 3.8) is 0 Å². The van der Waals surface area contributed by atoms with E-state index in [0.29, 0.717) is 18.1 Å². The summed E-state index contributed by atoms with van der Waals surface area (Å²) >= 11 is 0. The summed E-state index contributed by atoms with van der Waals surface area (Å²) in [6, 6.07) is 8.48. The first-order valence-electron chi connectivity index (χ1n) is 5.57. The average molecular weight is 254 g/mol. The highest BCUT2D eigenvalue weighted by atomic mass is 16.5. The van der Waals surface area contributed by atoms with Gasteiger partial charge in [-0.1, -0.05) is 18.2 Å². The van der Waals surface area contributed by atoms with Gasteiger partial charge in [0.05, 0.1) is 7.11 Å². The molecule has 0 saturated heterocycles. The highest BCUT2D eigenvalue weighted by Crippen LogP contribution is 2.07. The summed E-state index contributed by atoms with van der Waals surface area (Å²) in [6.45, 7) is 0.297. The van der Waals surface area contributed by atoms with Crippen LogP contribution in [0.3, 0.4) is 0 Å². The minimum atomic E-state index is -0.468. The molecule has 2 aromatic heterocycles. The molecule has 0 saturated carbocycles. The van der Waals surface area contributed by atoms with Crippen LogP contribution in [0.1, 0.15) is 16.1 Å². The van der Waals surface area contributed by atoms with Crippen molar-refractivity contribution < 1.29 is 14.3 Å². The summed E-state index contributed by atoms with van der Waals surface area (Å²) in [5, 5.41) is 0. The second-order valence-corrected chi connectivity index (χ2v) is 3.73. The molecule has 2 heterocycles. The number of ether oxygens (including phenoxy) is 2. The fourth-order valence-corrected chi connectivity index (χ4v) is 1.40. The van der Waals surface area contributed by atoms with E-state index >= 15 is 0 Å². The number of hydrogen-bond acceptors (Lipinski definition) is 5. The Balaban J connectivity index is 1.98.